The lowest BCUT2D eigenvalue weighted by Crippen LogP contribution is -2.46. The molecule has 1 aromatic carbocycles. The third-order valence-electron chi connectivity index (χ3n) is 3.63. The van der Waals surface area contributed by atoms with Gasteiger partial charge in [0.15, 0.2) is 11.5 Å². The molecule has 1 atom stereocenters. The van der Waals surface area contributed by atoms with Gasteiger partial charge in [0.05, 0.1) is 20.3 Å². The van der Waals surface area contributed by atoms with Crippen molar-refractivity contribution in [2.45, 2.75) is 12.5 Å². The molecule has 2 N–H and O–H groups in total. The van der Waals surface area contributed by atoms with Crippen LogP contribution in [0.1, 0.15) is 11.6 Å². The summed E-state index contributed by atoms with van der Waals surface area (Å²) in [5.74, 6) is 0.0762. The van der Waals surface area contributed by atoms with E-state index in [0.29, 0.717) is 31.7 Å². The fraction of sp³-hybridized carbons (Fsp3) is 0.571. The van der Waals surface area contributed by atoms with Gasteiger partial charge in [-0.15, -0.1) is 0 Å². The molecule has 0 unspecified atom stereocenters. The molecule has 0 saturated carbocycles. The number of ether oxygens (including phenoxy) is 2. The van der Waals surface area contributed by atoms with Crippen molar-refractivity contribution in [2.24, 2.45) is 0 Å². The van der Waals surface area contributed by atoms with Gasteiger partial charge in [0.2, 0.25) is 5.75 Å². The minimum Gasteiger partial charge on any atom is -0.502 e. The topological polar surface area (TPSA) is 54.0 Å². The van der Waals surface area contributed by atoms with Crippen LogP contribution in [0.3, 0.4) is 0 Å². The molecule has 1 fully saturated rings. The lowest BCUT2D eigenvalue weighted by Gasteiger charge is -2.34. The van der Waals surface area contributed by atoms with Gasteiger partial charge in [-0.25, -0.2) is 8.78 Å². The fourth-order valence-electron chi connectivity index (χ4n) is 2.56. The summed E-state index contributed by atoms with van der Waals surface area (Å²) in [4.78, 5) is 1.73. The van der Waals surface area contributed by atoms with E-state index in [1.165, 1.54) is 26.4 Å². The molecule has 1 heterocycles. The maximum atomic E-state index is 13.5. The van der Waals surface area contributed by atoms with Gasteiger partial charge >= 0.3 is 0 Å². The first-order valence-corrected chi connectivity index (χ1v) is 6.76. The van der Waals surface area contributed by atoms with Crippen LogP contribution in [0.5, 0.6) is 17.2 Å². The minimum atomic E-state index is -2.54. The van der Waals surface area contributed by atoms with Gasteiger partial charge in [-0.05, 0) is 17.7 Å². The van der Waals surface area contributed by atoms with Gasteiger partial charge in [-0.3, -0.25) is 4.90 Å². The molecule has 0 aliphatic carbocycles. The van der Waals surface area contributed by atoms with Crippen molar-refractivity contribution in [3.8, 4) is 17.2 Å². The molecule has 0 aromatic heterocycles. The fourth-order valence-corrected chi connectivity index (χ4v) is 2.56. The van der Waals surface area contributed by atoms with Crippen molar-refractivity contribution >= 4 is 0 Å². The maximum absolute atomic E-state index is 13.5. The predicted molar refractivity (Wildman–Crippen MR) is 74.4 cm³/mol. The molecular formula is C14H20F2N2O3. The van der Waals surface area contributed by atoms with E-state index in [4.69, 9.17) is 9.47 Å². The van der Waals surface area contributed by atoms with E-state index < -0.39 is 12.5 Å². The van der Waals surface area contributed by atoms with Gasteiger partial charge < -0.3 is 19.9 Å². The number of rotatable bonds is 5. The van der Waals surface area contributed by atoms with Crippen LogP contribution in [-0.2, 0) is 0 Å². The monoisotopic (exact) mass is 302 g/mol. The van der Waals surface area contributed by atoms with Crippen LogP contribution in [0, 0.1) is 0 Å². The van der Waals surface area contributed by atoms with Crippen LogP contribution in [0.4, 0.5) is 8.78 Å². The summed E-state index contributed by atoms with van der Waals surface area (Å²) in [7, 11) is 2.75. The lowest BCUT2D eigenvalue weighted by atomic mass is 10.0. The molecule has 1 saturated heterocycles. The standard InChI is InChI=1S/C14H20F2N2O3/c1-20-10-7-9(8-11(21-2)13(10)19)12(14(15)16)18-5-3-17-4-6-18/h7-8,12,14,17,19H,3-6H2,1-2H3/t12-/m0/s1. The third kappa shape index (κ3) is 3.36. The number of nitrogens with zero attached hydrogens (tertiary/aromatic N) is 1. The average molecular weight is 302 g/mol. The van der Waals surface area contributed by atoms with Crippen LogP contribution in [0.15, 0.2) is 12.1 Å². The van der Waals surface area contributed by atoms with Crippen molar-refractivity contribution < 1.29 is 23.4 Å². The molecule has 0 spiro atoms. The summed E-state index contributed by atoms with van der Waals surface area (Å²) in [6.07, 6.45) is -2.54. The molecule has 7 heteroatoms. The highest BCUT2D eigenvalue weighted by Gasteiger charge is 2.31. The SMILES string of the molecule is COc1cc([C@@H](C(F)F)N2CCNCC2)cc(OC)c1O. The Morgan fingerprint density at radius 2 is 1.67 bits per heavy atom. The lowest BCUT2D eigenvalue weighted by molar-refractivity contribution is 0.0180. The summed E-state index contributed by atoms with van der Waals surface area (Å²) >= 11 is 0. The van der Waals surface area contributed by atoms with Crippen molar-refractivity contribution in [2.75, 3.05) is 40.4 Å². The number of halogens is 2. The average Bonchev–Trinajstić information content (AvgIpc) is 2.49. The number of phenols is 1. The third-order valence-corrected chi connectivity index (χ3v) is 3.63. The molecule has 1 aromatic rings. The summed E-state index contributed by atoms with van der Waals surface area (Å²) in [5, 5.41) is 13.0. The summed E-state index contributed by atoms with van der Waals surface area (Å²) < 4.78 is 37.1. The van der Waals surface area contributed by atoms with Crippen LogP contribution in [0.25, 0.3) is 0 Å². The molecule has 0 amide bonds. The minimum absolute atomic E-state index is 0.130. The Morgan fingerprint density at radius 1 is 1.14 bits per heavy atom. The smallest absolute Gasteiger partial charge is 0.258 e. The van der Waals surface area contributed by atoms with Crippen LogP contribution in [-0.4, -0.2) is 56.8 Å². The second-order valence-corrected chi connectivity index (χ2v) is 4.84. The van der Waals surface area contributed by atoms with Crippen molar-refractivity contribution in [1.29, 1.82) is 0 Å². The zero-order valence-electron chi connectivity index (χ0n) is 12.1. The molecule has 2 rings (SSSR count). The van der Waals surface area contributed by atoms with E-state index in [1.54, 1.807) is 4.90 Å². The van der Waals surface area contributed by atoms with E-state index in [1.807, 2.05) is 0 Å². The van der Waals surface area contributed by atoms with Gasteiger partial charge in [0.25, 0.3) is 6.43 Å². The second-order valence-electron chi connectivity index (χ2n) is 4.84. The number of methoxy groups -OCH3 is 2. The molecule has 1 aliphatic heterocycles. The Kier molecular flexibility index (Phi) is 5.19. The molecule has 0 radical (unpaired) electrons. The van der Waals surface area contributed by atoms with E-state index in [0.717, 1.165) is 0 Å². The second kappa shape index (κ2) is 6.91. The molecule has 0 bridgehead atoms. The number of benzene rings is 1. The Hall–Kier alpha value is -1.60. The Labute approximate surface area is 122 Å². The van der Waals surface area contributed by atoms with E-state index in [-0.39, 0.29) is 17.2 Å². The van der Waals surface area contributed by atoms with Gasteiger partial charge in [-0.2, -0.15) is 0 Å². The zero-order valence-corrected chi connectivity index (χ0v) is 12.1. The highest BCUT2D eigenvalue weighted by Crippen LogP contribution is 2.41. The zero-order chi connectivity index (χ0) is 15.4. The van der Waals surface area contributed by atoms with E-state index in [2.05, 4.69) is 5.32 Å². The molecule has 21 heavy (non-hydrogen) atoms. The van der Waals surface area contributed by atoms with E-state index in [9.17, 15) is 13.9 Å². The first-order chi connectivity index (χ1) is 10.1. The normalized spacial score (nSPS) is 17.8. The largest absolute Gasteiger partial charge is 0.502 e. The quantitative estimate of drug-likeness (QED) is 0.866. The van der Waals surface area contributed by atoms with Gasteiger partial charge in [0, 0.05) is 26.2 Å². The van der Waals surface area contributed by atoms with Crippen LogP contribution in [0.2, 0.25) is 0 Å². The number of alkyl halides is 2. The molecule has 5 nitrogen and oxygen atoms in total. The summed E-state index contributed by atoms with van der Waals surface area (Å²) in [5.41, 5.74) is 0.374. The van der Waals surface area contributed by atoms with Crippen LogP contribution >= 0.6 is 0 Å². The number of nitrogens with one attached hydrogen (secondary N) is 1. The highest BCUT2D eigenvalue weighted by atomic mass is 19.3. The number of hydrogen-bond donors (Lipinski definition) is 2. The number of hydrogen-bond acceptors (Lipinski definition) is 5. The predicted octanol–water partition coefficient (Wildman–Crippen LogP) is 1.62. The number of piperazine rings is 1. The summed E-state index contributed by atoms with van der Waals surface area (Å²) in [6.45, 7) is 2.44. The van der Waals surface area contributed by atoms with Crippen molar-refractivity contribution in [3.05, 3.63) is 17.7 Å². The van der Waals surface area contributed by atoms with Gasteiger partial charge in [0.1, 0.15) is 0 Å². The van der Waals surface area contributed by atoms with E-state index >= 15 is 0 Å². The molecule has 1 aliphatic rings. The van der Waals surface area contributed by atoms with Gasteiger partial charge in [-0.1, -0.05) is 0 Å². The van der Waals surface area contributed by atoms with Crippen LogP contribution < -0.4 is 14.8 Å². The summed E-state index contributed by atoms with van der Waals surface area (Å²) in [6, 6.07) is 1.84. The van der Waals surface area contributed by atoms with Crippen molar-refractivity contribution in [3.63, 3.8) is 0 Å². The first-order valence-electron chi connectivity index (χ1n) is 6.76. The molecule has 118 valence electrons. The van der Waals surface area contributed by atoms with Crippen molar-refractivity contribution in [1.82, 2.24) is 10.2 Å². The molecular weight excluding hydrogens is 282 g/mol. The maximum Gasteiger partial charge on any atom is 0.258 e. The Balaban J connectivity index is 2.39. The number of phenolic OH excluding ortho intramolecular Hbond substituents is 1. The highest BCUT2D eigenvalue weighted by molar-refractivity contribution is 5.53. The Bertz CT molecular complexity index is 454. The first kappa shape index (κ1) is 15.8. The number of aromatic hydroxyl groups is 1. The Morgan fingerprint density at radius 3 is 2.10 bits per heavy atom.